The second-order valence-electron chi connectivity index (χ2n) is 12.2. The molecular weight excluding hydrogens is 574 g/mol. The van der Waals surface area contributed by atoms with Gasteiger partial charge in [0.25, 0.3) is 0 Å². The number of benzene rings is 2. The fraction of sp³-hybridized carbons (Fsp3) is 0.500. The van der Waals surface area contributed by atoms with E-state index in [2.05, 4.69) is 15.2 Å². The number of amides is 2. The molecule has 2 saturated heterocycles. The summed E-state index contributed by atoms with van der Waals surface area (Å²) in [6.45, 7) is 8.42. The molecule has 0 N–H and O–H groups in total. The summed E-state index contributed by atoms with van der Waals surface area (Å²) in [5, 5.41) is 8.79. The van der Waals surface area contributed by atoms with Crippen LogP contribution in [0.15, 0.2) is 48.7 Å². The van der Waals surface area contributed by atoms with Crippen LogP contribution in [-0.2, 0) is 22.7 Å². The Morgan fingerprint density at radius 2 is 1.98 bits per heavy atom. The molecule has 3 heterocycles. The summed E-state index contributed by atoms with van der Waals surface area (Å²) in [5.74, 6) is -1.41. The largest absolute Gasteiger partial charge is 0.340 e. The number of rotatable bonds is 9. The molecule has 230 valence electrons. The van der Waals surface area contributed by atoms with E-state index in [4.69, 9.17) is 11.6 Å². The van der Waals surface area contributed by atoms with E-state index in [9.17, 15) is 18.4 Å². The van der Waals surface area contributed by atoms with Crippen LogP contribution in [0.1, 0.15) is 68.8 Å². The third kappa shape index (κ3) is 6.91. The number of halogens is 3. The Balaban J connectivity index is 1.21. The molecule has 5 rings (SSSR count). The molecule has 2 aromatic carbocycles. The number of nitrogens with zero attached hydrogens (tertiary/aromatic N) is 6. The van der Waals surface area contributed by atoms with E-state index in [1.54, 1.807) is 23.1 Å². The second-order valence-corrected chi connectivity index (χ2v) is 12.6. The number of aromatic nitrogens is 3. The highest BCUT2D eigenvalue weighted by molar-refractivity contribution is 6.30. The van der Waals surface area contributed by atoms with Gasteiger partial charge in [0, 0.05) is 50.3 Å². The quantitative estimate of drug-likeness (QED) is 0.322. The van der Waals surface area contributed by atoms with Crippen molar-refractivity contribution < 1.29 is 18.4 Å². The van der Waals surface area contributed by atoms with E-state index in [0.717, 1.165) is 30.6 Å². The van der Waals surface area contributed by atoms with Crippen molar-refractivity contribution in [1.82, 2.24) is 29.7 Å². The van der Waals surface area contributed by atoms with Crippen LogP contribution in [-0.4, -0.2) is 73.7 Å². The fourth-order valence-electron chi connectivity index (χ4n) is 6.57. The van der Waals surface area contributed by atoms with Crippen LogP contribution in [0.2, 0.25) is 5.02 Å². The predicted octanol–water partition coefficient (Wildman–Crippen LogP) is 5.43. The molecule has 0 radical (unpaired) electrons. The summed E-state index contributed by atoms with van der Waals surface area (Å²) < 4.78 is 29.8. The Hall–Kier alpha value is -3.37. The van der Waals surface area contributed by atoms with Gasteiger partial charge < -0.3 is 14.7 Å². The molecule has 11 heteroatoms. The maximum Gasteiger partial charge on any atom is 0.228 e. The first-order chi connectivity index (χ1) is 20.5. The molecule has 4 unspecified atom stereocenters. The van der Waals surface area contributed by atoms with Gasteiger partial charge in [-0.05, 0) is 76.1 Å². The van der Waals surface area contributed by atoms with E-state index in [-0.39, 0.29) is 47.1 Å². The lowest BCUT2D eigenvalue weighted by Crippen LogP contribution is -2.48. The number of likely N-dealkylation sites (N-methyl/N-ethyl adjacent to an activating group) is 1. The Morgan fingerprint density at radius 3 is 2.67 bits per heavy atom. The zero-order chi connectivity index (χ0) is 30.8. The molecular formula is C32H39ClF2N6O2. The number of piperidine rings is 1. The maximum atomic E-state index is 14.4. The highest BCUT2D eigenvalue weighted by atomic mass is 35.5. The van der Waals surface area contributed by atoms with Crippen molar-refractivity contribution >= 4 is 23.4 Å². The zero-order valence-electron chi connectivity index (χ0n) is 25.1. The molecule has 3 aromatic rings. The van der Waals surface area contributed by atoms with E-state index in [1.807, 2.05) is 49.7 Å². The zero-order valence-corrected chi connectivity index (χ0v) is 25.8. The van der Waals surface area contributed by atoms with Gasteiger partial charge in [-0.15, -0.1) is 5.10 Å². The predicted molar refractivity (Wildman–Crippen MR) is 160 cm³/mol. The summed E-state index contributed by atoms with van der Waals surface area (Å²) >= 11 is 5.93. The van der Waals surface area contributed by atoms with E-state index >= 15 is 0 Å². The topological polar surface area (TPSA) is 74.6 Å². The van der Waals surface area contributed by atoms with Crippen LogP contribution in [0.25, 0.3) is 0 Å². The van der Waals surface area contributed by atoms with Gasteiger partial charge >= 0.3 is 0 Å². The summed E-state index contributed by atoms with van der Waals surface area (Å²) in [5.41, 5.74) is 2.41. The normalized spacial score (nSPS) is 22.7. The van der Waals surface area contributed by atoms with Crippen molar-refractivity contribution in [2.24, 2.45) is 5.92 Å². The van der Waals surface area contributed by atoms with Crippen molar-refractivity contribution in [2.75, 3.05) is 20.1 Å². The Kier molecular flexibility index (Phi) is 9.46. The number of hydrogen-bond acceptors (Lipinski definition) is 5. The molecule has 0 aliphatic carbocycles. The lowest BCUT2D eigenvalue weighted by Gasteiger charge is -2.40. The lowest BCUT2D eigenvalue weighted by molar-refractivity contribution is -0.140. The van der Waals surface area contributed by atoms with Crippen LogP contribution >= 0.6 is 11.6 Å². The van der Waals surface area contributed by atoms with Gasteiger partial charge in [0.15, 0.2) is 0 Å². The van der Waals surface area contributed by atoms with Gasteiger partial charge in [-0.25, -0.2) is 8.78 Å². The molecule has 2 fully saturated rings. The average Bonchev–Trinajstić information content (AvgIpc) is 3.58. The minimum absolute atomic E-state index is 0.00978. The number of carbonyl (C=O) groups excluding carboxylic acids is 2. The van der Waals surface area contributed by atoms with Crippen molar-refractivity contribution in [2.45, 2.75) is 77.2 Å². The van der Waals surface area contributed by atoms with Crippen molar-refractivity contribution in [3.05, 3.63) is 82.1 Å². The van der Waals surface area contributed by atoms with Crippen molar-refractivity contribution in [3.8, 4) is 0 Å². The highest BCUT2D eigenvalue weighted by Gasteiger charge is 2.48. The molecule has 0 saturated carbocycles. The molecule has 43 heavy (non-hydrogen) atoms. The van der Waals surface area contributed by atoms with Gasteiger partial charge in [-0.2, -0.15) is 0 Å². The van der Waals surface area contributed by atoms with E-state index < -0.39 is 17.8 Å². The molecule has 0 spiro atoms. The molecule has 1 aromatic heterocycles. The first-order valence-electron chi connectivity index (χ1n) is 14.9. The Morgan fingerprint density at radius 1 is 1.19 bits per heavy atom. The van der Waals surface area contributed by atoms with Gasteiger partial charge in [0.2, 0.25) is 11.8 Å². The third-order valence-corrected chi connectivity index (χ3v) is 9.01. The van der Waals surface area contributed by atoms with Crippen LogP contribution < -0.4 is 0 Å². The molecule has 2 aliphatic heterocycles. The van der Waals surface area contributed by atoms with Gasteiger partial charge in [-0.1, -0.05) is 35.0 Å². The summed E-state index contributed by atoms with van der Waals surface area (Å²) in [4.78, 5) is 32.7. The Bertz CT molecular complexity index is 1470. The maximum absolute atomic E-state index is 14.4. The third-order valence-electron chi connectivity index (χ3n) is 8.71. The molecule has 2 amide bonds. The highest BCUT2D eigenvalue weighted by Crippen LogP contribution is 2.42. The van der Waals surface area contributed by atoms with Crippen LogP contribution in [0.3, 0.4) is 0 Å². The minimum Gasteiger partial charge on any atom is -0.340 e. The van der Waals surface area contributed by atoms with Crippen LogP contribution in [0.5, 0.6) is 0 Å². The van der Waals surface area contributed by atoms with Gasteiger partial charge in [-0.3, -0.25) is 14.3 Å². The van der Waals surface area contributed by atoms with Crippen LogP contribution in [0, 0.1) is 17.6 Å². The van der Waals surface area contributed by atoms with Gasteiger partial charge in [0.1, 0.15) is 11.6 Å². The molecule has 2 aliphatic rings. The fourth-order valence-corrected chi connectivity index (χ4v) is 6.68. The SMILES string of the molecule is CC1CC(c2cn(CCN(C)Cc3cccc(F)c3)nn2)CCN1C(=O)C1CC(=O)N(C(C)C)C1c1ccc(Cl)c(F)c1. The first-order valence-corrected chi connectivity index (χ1v) is 15.3. The monoisotopic (exact) mass is 612 g/mol. The second kappa shape index (κ2) is 13.1. The number of hydrogen-bond donors (Lipinski definition) is 0. The summed E-state index contributed by atoms with van der Waals surface area (Å²) in [6, 6.07) is 10.4. The lowest BCUT2D eigenvalue weighted by atomic mass is 9.86. The number of carbonyl (C=O) groups is 2. The first kappa shape index (κ1) is 31.1. The van der Waals surface area contributed by atoms with Crippen molar-refractivity contribution in [3.63, 3.8) is 0 Å². The Labute approximate surface area is 256 Å². The molecule has 8 nitrogen and oxygen atoms in total. The van der Waals surface area contributed by atoms with E-state index in [1.165, 1.54) is 18.2 Å². The summed E-state index contributed by atoms with van der Waals surface area (Å²) in [6.07, 6.45) is 3.55. The number of likely N-dealkylation sites (tertiary alicyclic amines) is 2. The van der Waals surface area contributed by atoms with Crippen molar-refractivity contribution in [1.29, 1.82) is 0 Å². The molecule has 0 bridgehead atoms. The average molecular weight is 613 g/mol. The van der Waals surface area contributed by atoms with Crippen LogP contribution in [0.4, 0.5) is 8.78 Å². The van der Waals surface area contributed by atoms with E-state index in [0.29, 0.717) is 25.2 Å². The van der Waals surface area contributed by atoms with Gasteiger partial charge in [0.05, 0.1) is 29.2 Å². The standard InChI is InChI=1S/C32H39ClF2N6O2/c1-20(2)41-30(42)17-26(31(41)24-8-9-27(33)28(35)16-24)32(43)40-11-10-23(14-21(40)3)29-19-39(37-36-29)13-12-38(4)18-22-6-5-7-25(34)15-22/h5-9,15-16,19-21,23,26,31H,10-14,17-18H2,1-4H3. The minimum atomic E-state index is -0.597. The summed E-state index contributed by atoms with van der Waals surface area (Å²) in [7, 11) is 1.99. The smallest absolute Gasteiger partial charge is 0.228 e. The molecule has 4 atom stereocenters.